The molecule has 0 aliphatic carbocycles. The molecule has 1 amide bonds. The van der Waals surface area contributed by atoms with Gasteiger partial charge in [-0.05, 0) is 68.8 Å². The monoisotopic (exact) mass is 703 g/mol. The van der Waals surface area contributed by atoms with Crippen LogP contribution in [-0.2, 0) is 23.6 Å². The standard InChI is InChI=1S/C26H27N5O5.C8H4F6/c1-15-16(2)36-26(34)31(15)14-22-18(6-8-24(29-22)30-9-4-10-30)19-11-17(5-7-23(19)35-3)20-12-28-21(13-27-20)25(32)33;9-7(10,11)5-2-1-3-6(4-5)8(12,13)14/h5-8,11-13,15-16H,4,9-10,14H2,1-3H3,(H,32,33);1-4H. The number of rotatable bonds is 7. The van der Waals surface area contributed by atoms with E-state index in [9.17, 15) is 35.9 Å². The van der Waals surface area contributed by atoms with Gasteiger partial charge in [0, 0.05) is 29.8 Å². The lowest BCUT2D eigenvalue weighted by molar-refractivity contribution is -0.143. The quantitative estimate of drug-likeness (QED) is 0.195. The van der Waals surface area contributed by atoms with Gasteiger partial charge in [-0.2, -0.15) is 26.3 Å². The molecule has 2 atom stereocenters. The second-order valence-electron chi connectivity index (χ2n) is 11.5. The summed E-state index contributed by atoms with van der Waals surface area (Å²) in [6, 6.07) is 11.5. The number of nitrogens with zero attached hydrogens (tertiary/aromatic N) is 5. The molecule has 10 nitrogen and oxygen atoms in total. The summed E-state index contributed by atoms with van der Waals surface area (Å²) >= 11 is 0. The number of aromatic carboxylic acids is 1. The van der Waals surface area contributed by atoms with Gasteiger partial charge in [-0.25, -0.2) is 19.6 Å². The third-order valence-electron chi connectivity index (χ3n) is 8.33. The van der Waals surface area contributed by atoms with E-state index < -0.39 is 29.4 Å². The minimum atomic E-state index is -4.75. The van der Waals surface area contributed by atoms with Gasteiger partial charge in [-0.3, -0.25) is 9.88 Å². The number of carbonyl (C=O) groups excluding carboxylic acids is 1. The van der Waals surface area contributed by atoms with Crippen LogP contribution in [-0.4, -0.2) is 69.4 Å². The number of benzene rings is 2. The van der Waals surface area contributed by atoms with E-state index in [4.69, 9.17) is 19.6 Å². The van der Waals surface area contributed by atoms with Crippen LogP contribution in [0, 0.1) is 0 Å². The molecule has 50 heavy (non-hydrogen) atoms. The van der Waals surface area contributed by atoms with E-state index in [1.54, 1.807) is 12.0 Å². The number of anilines is 1. The van der Waals surface area contributed by atoms with Crippen molar-refractivity contribution in [2.45, 2.75) is 51.3 Å². The first-order valence-corrected chi connectivity index (χ1v) is 15.3. The van der Waals surface area contributed by atoms with Crippen molar-refractivity contribution in [2.24, 2.45) is 0 Å². The number of carboxylic acid groups (broad SMARTS) is 1. The molecular weight excluding hydrogens is 672 g/mol. The maximum Gasteiger partial charge on any atom is 0.416 e. The highest BCUT2D eigenvalue weighted by Gasteiger charge is 2.37. The predicted molar refractivity (Wildman–Crippen MR) is 168 cm³/mol. The molecule has 2 unspecified atom stereocenters. The molecule has 6 rings (SSSR count). The molecule has 0 saturated carbocycles. The number of amides is 1. The highest BCUT2D eigenvalue weighted by molar-refractivity contribution is 5.85. The van der Waals surface area contributed by atoms with Crippen molar-refractivity contribution in [3.63, 3.8) is 0 Å². The van der Waals surface area contributed by atoms with Crippen molar-refractivity contribution in [1.82, 2.24) is 19.9 Å². The number of alkyl halides is 6. The smallest absolute Gasteiger partial charge is 0.416 e. The second kappa shape index (κ2) is 14.2. The number of pyridine rings is 1. The molecule has 4 heterocycles. The Balaban J connectivity index is 0.000000292. The van der Waals surface area contributed by atoms with Gasteiger partial charge < -0.3 is 19.5 Å². The van der Waals surface area contributed by atoms with Crippen molar-refractivity contribution in [2.75, 3.05) is 25.1 Å². The molecule has 2 aliphatic rings. The molecule has 2 fully saturated rings. The van der Waals surface area contributed by atoms with Gasteiger partial charge in [0.2, 0.25) is 0 Å². The Kier molecular flexibility index (Phi) is 10.2. The van der Waals surface area contributed by atoms with E-state index in [0.29, 0.717) is 30.1 Å². The van der Waals surface area contributed by atoms with E-state index in [1.807, 2.05) is 44.2 Å². The topological polar surface area (TPSA) is 118 Å². The molecule has 2 aromatic carbocycles. The van der Waals surface area contributed by atoms with Crippen molar-refractivity contribution >= 4 is 17.9 Å². The molecule has 264 valence electrons. The maximum absolute atomic E-state index is 12.6. The molecular formula is C34H31F6N5O5. The summed E-state index contributed by atoms with van der Waals surface area (Å²) in [4.78, 5) is 40.8. The zero-order valence-electron chi connectivity index (χ0n) is 26.9. The maximum atomic E-state index is 12.6. The van der Waals surface area contributed by atoms with Crippen molar-refractivity contribution < 1.29 is 50.5 Å². The van der Waals surface area contributed by atoms with Gasteiger partial charge >= 0.3 is 24.4 Å². The summed E-state index contributed by atoms with van der Waals surface area (Å²) in [5.74, 6) is 0.379. The Morgan fingerprint density at radius 1 is 0.940 bits per heavy atom. The SMILES string of the molecule is COc1ccc(-c2cnc(C(=O)O)cn2)cc1-c1ccc(N2CCC2)nc1CN1C(=O)OC(C)C1C.FC(F)(F)c1cccc(C(F)(F)F)c1. The minimum Gasteiger partial charge on any atom is -0.496 e. The highest BCUT2D eigenvalue weighted by Crippen LogP contribution is 2.38. The number of ether oxygens (including phenoxy) is 2. The lowest BCUT2D eigenvalue weighted by atomic mass is 9.98. The lowest BCUT2D eigenvalue weighted by Gasteiger charge is -2.33. The summed E-state index contributed by atoms with van der Waals surface area (Å²) in [5, 5.41) is 9.13. The molecule has 2 aliphatic heterocycles. The first kappa shape index (κ1) is 35.9. The predicted octanol–water partition coefficient (Wildman–Crippen LogP) is 7.58. The number of methoxy groups -OCH3 is 1. The molecule has 2 aromatic heterocycles. The van der Waals surface area contributed by atoms with Crippen molar-refractivity contribution in [3.8, 4) is 28.1 Å². The van der Waals surface area contributed by atoms with Crippen LogP contribution >= 0.6 is 0 Å². The molecule has 0 spiro atoms. The number of hydrogen-bond donors (Lipinski definition) is 1. The second-order valence-corrected chi connectivity index (χ2v) is 11.5. The van der Waals surface area contributed by atoms with Gasteiger partial charge in [-0.15, -0.1) is 0 Å². The van der Waals surface area contributed by atoms with Crippen LogP contribution < -0.4 is 9.64 Å². The van der Waals surface area contributed by atoms with Gasteiger partial charge in [-0.1, -0.05) is 6.07 Å². The van der Waals surface area contributed by atoms with Gasteiger partial charge in [0.05, 0.1) is 54.6 Å². The zero-order valence-corrected chi connectivity index (χ0v) is 26.9. The highest BCUT2D eigenvalue weighted by atomic mass is 19.4. The fourth-order valence-corrected chi connectivity index (χ4v) is 5.23. The number of halogens is 6. The number of cyclic esters (lactones) is 1. The van der Waals surface area contributed by atoms with Crippen LogP contribution in [0.2, 0.25) is 0 Å². The lowest BCUT2D eigenvalue weighted by Crippen LogP contribution is -2.38. The van der Waals surface area contributed by atoms with Gasteiger partial charge in [0.1, 0.15) is 17.7 Å². The molecule has 2 saturated heterocycles. The summed E-state index contributed by atoms with van der Waals surface area (Å²) in [7, 11) is 1.60. The van der Waals surface area contributed by atoms with Crippen LogP contribution in [0.4, 0.5) is 37.0 Å². The summed E-state index contributed by atoms with van der Waals surface area (Å²) in [6.45, 7) is 6.05. The molecule has 4 aromatic rings. The van der Waals surface area contributed by atoms with E-state index >= 15 is 0 Å². The molecule has 1 N–H and O–H groups in total. The van der Waals surface area contributed by atoms with E-state index in [1.165, 1.54) is 12.4 Å². The summed E-state index contributed by atoms with van der Waals surface area (Å²) < 4.78 is 83.0. The van der Waals surface area contributed by atoms with Crippen LogP contribution in [0.15, 0.2) is 67.0 Å². The Labute approximate surface area is 282 Å². The molecule has 0 bridgehead atoms. The normalized spacial score (nSPS) is 17.4. The van der Waals surface area contributed by atoms with Crippen LogP contribution in [0.3, 0.4) is 0 Å². The fourth-order valence-electron chi connectivity index (χ4n) is 5.23. The van der Waals surface area contributed by atoms with Crippen molar-refractivity contribution in [1.29, 1.82) is 0 Å². The average molecular weight is 704 g/mol. The number of aromatic nitrogens is 3. The number of carboxylic acids is 1. The van der Waals surface area contributed by atoms with Crippen LogP contribution in [0.5, 0.6) is 5.75 Å². The summed E-state index contributed by atoms with van der Waals surface area (Å²) in [5.41, 5.74) is 0.899. The Morgan fingerprint density at radius 3 is 2.12 bits per heavy atom. The average Bonchev–Trinajstić information content (AvgIpc) is 3.29. The third kappa shape index (κ3) is 7.90. The Morgan fingerprint density at radius 2 is 1.62 bits per heavy atom. The number of carbonyl (C=O) groups is 2. The Hall–Kier alpha value is -5.41. The molecule has 16 heteroatoms. The first-order chi connectivity index (χ1) is 23.6. The zero-order chi connectivity index (χ0) is 36.4. The van der Waals surface area contributed by atoms with Crippen LogP contribution in [0.25, 0.3) is 22.4 Å². The van der Waals surface area contributed by atoms with Crippen LogP contribution in [0.1, 0.15) is 47.6 Å². The number of hydrogen-bond acceptors (Lipinski definition) is 8. The van der Waals surface area contributed by atoms with Crippen molar-refractivity contribution in [3.05, 3.63) is 89.5 Å². The largest absolute Gasteiger partial charge is 0.496 e. The van der Waals surface area contributed by atoms with Gasteiger partial charge in [0.15, 0.2) is 5.69 Å². The first-order valence-electron chi connectivity index (χ1n) is 15.3. The molecule has 0 radical (unpaired) electrons. The van der Waals surface area contributed by atoms with E-state index in [-0.39, 0.29) is 30.0 Å². The fraction of sp³-hybridized carbons (Fsp3) is 0.324. The summed E-state index contributed by atoms with van der Waals surface area (Å²) in [6.07, 6.45) is -6.26. The minimum absolute atomic E-state index is 0.0833. The van der Waals surface area contributed by atoms with E-state index in [0.717, 1.165) is 53.8 Å². The Bertz CT molecular complexity index is 1840. The third-order valence-corrected chi connectivity index (χ3v) is 8.33. The van der Waals surface area contributed by atoms with E-state index in [2.05, 4.69) is 14.9 Å². The van der Waals surface area contributed by atoms with Gasteiger partial charge in [0.25, 0.3) is 0 Å².